The minimum Gasteiger partial charge on any atom is -0.310 e. The first kappa shape index (κ1) is 14.2. The van der Waals surface area contributed by atoms with Crippen LogP contribution in [-0.4, -0.2) is 16.5 Å². The molecule has 0 bridgehead atoms. The molecule has 4 heteroatoms. The third kappa shape index (κ3) is 4.40. The molecule has 2 heterocycles. The molecule has 0 fully saturated rings. The van der Waals surface area contributed by atoms with Gasteiger partial charge < -0.3 is 5.32 Å². The van der Waals surface area contributed by atoms with Crippen LogP contribution in [0.1, 0.15) is 30.6 Å². The normalized spacial score (nSPS) is 12.3. The van der Waals surface area contributed by atoms with Crippen LogP contribution in [0.3, 0.4) is 0 Å². The molecule has 2 aromatic rings. The highest BCUT2D eigenvalue weighted by molar-refractivity contribution is 9.10. The zero-order chi connectivity index (χ0) is 13.5. The Morgan fingerprint density at radius 2 is 2.00 bits per heavy atom. The van der Waals surface area contributed by atoms with Crippen molar-refractivity contribution in [1.29, 1.82) is 0 Å². The standard InChI is InChI=1S/C15H18BrN3/c1-2-7-18-15(12-5-8-17-9-6-12)10-14-4-3-13(16)11-19-14/h3-6,8-9,11,15,18H,2,7,10H2,1H3. The van der Waals surface area contributed by atoms with Gasteiger partial charge in [0.05, 0.1) is 0 Å². The van der Waals surface area contributed by atoms with Crippen molar-refractivity contribution in [2.75, 3.05) is 6.54 Å². The first-order valence-electron chi connectivity index (χ1n) is 6.53. The van der Waals surface area contributed by atoms with Gasteiger partial charge in [0.15, 0.2) is 0 Å². The van der Waals surface area contributed by atoms with E-state index >= 15 is 0 Å². The molecule has 0 aliphatic carbocycles. The molecule has 3 nitrogen and oxygen atoms in total. The second-order valence-corrected chi connectivity index (χ2v) is 5.37. The van der Waals surface area contributed by atoms with Crippen molar-refractivity contribution in [3.8, 4) is 0 Å². The van der Waals surface area contributed by atoms with Crippen LogP contribution in [0.2, 0.25) is 0 Å². The summed E-state index contributed by atoms with van der Waals surface area (Å²) in [6, 6.07) is 8.51. The van der Waals surface area contributed by atoms with Crippen molar-refractivity contribution in [3.63, 3.8) is 0 Å². The Bertz CT molecular complexity index is 485. The predicted octanol–water partition coefficient (Wildman–Crippen LogP) is 3.52. The van der Waals surface area contributed by atoms with Crippen molar-refractivity contribution in [2.24, 2.45) is 0 Å². The molecule has 0 aliphatic heterocycles. The average Bonchev–Trinajstić information content (AvgIpc) is 2.46. The Hall–Kier alpha value is -1.26. The second kappa shape index (κ2) is 7.36. The number of rotatable bonds is 6. The number of hydrogen-bond acceptors (Lipinski definition) is 3. The van der Waals surface area contributed by atoms with Crippen LogP contribution in [0.25, 0.3) is 0 Å². The van der Waals surface area contributed by atoms with Crippen LogP contribution in [0.5, 0.6) is 0 Å². The number of nitrogens with zero attached hydrogens (tertiary/aromatic N) is 2. The lowest BCUT2D eigenvalue weighted by Crippen LogP contribution is -2.24. The molecule has 0 aliphatic rings. The van der Waals surface area contributed by atoms with Gasteiger partial charge in [0.1, 0.15) is 0 Å². The lowest BCUT2D eigenvalue weighted by Gasteiger charge is -2.18. The zero-order valence-corrected chi connectivity index (χ0v) is 12.6. The lowest BCUT2D eigenvalue weighted by atomic mass is 10.0. The van der Waals surface area contributed by atoms with E-state index in [2.05, 4.69) is 56.3 Å². The highest BCUT2D eigenvalue weighted by Crippen LogP contribution is 2.18. The molecule has 0 saturated heterocycles. The molecule has 2 aromatic heterocycles. The van der Waals surface area contributed by atoms with Crippen LogP contribution in [0.15, 0.2) is 47.3 Å². The number of aromatic nitrogens is 2. The smallest absolute Gasteiger partial charge is 0.0423 e. The van der Waals surface area contributed by atoms with Gasteiger partial charge >= 0.3 is 0 Å². The fraction of sp³-hybridized carbons (Fsp3) is 0.333. The van der Waals surface area contributed by atoms with Gasteiger partial charge in [-0.15, -0.1) is 0 Å². The predicted molar refractivity (Wildman–Crippen MR) is 80.9 cm³/mol. The molecule has 19 heavy (non-hydrogen) atoms. The average molecular weight is 320 g/mol. The summed E-state index contributed by atoms with van der Waals surface area (Å²) in [4.78, 5) is 8.53. The molecule has 1 N–H and O–H groups in total. The van der Waals surface area contributed by atoms with Crippen LogP contribution < -0.4 is 5.32 Å². The first-order chi connectivity index (χ1) is 9.29. The van der Waals surface area contributed by atoms with Crippen LogP contribution in [-0.2, 0) is 6.42 Å². The summed E-state index contributed by atoms with van der Waals surface area (Å²) < 4.78 is 1.01. The topological polar surface area (TPSA) is 37.8 Å². The molecule has 0 amide bonds. The van der Waals surface area contributed by atoms with Gasteiger partial charge in [-0.1, -0.05) is 6.92 Å². The lowest BCUT2D eigenvalue weighted by molar-refractivity contribution is 0.524. The van der Waals surface area contributed by atoms with E-state index in [-0.39, 0.29) is 6.04 Å². The third-order valence-electron chi connectivity index (χ3n) is 2.95. The van der Waals surface area contributed by atoms with E-state index in [1.165, 1.54) is 5.56 Å². The van der Waals surface area contributed by atoms with E-state index in [1.807, 2.05) is 24.7 Å². The maximum Gasteiger partial charge on any atom is 0.0423 e. The van der Waals surface area contributed by atoms with Gasteiger partial charge in [0, 0.05) is 41.2 Å². The van der Waals surface area contributed by atoms with E-state index in [1.54, 1.807) is 0 Å². The largest absolute Gasteiger partial charge is 0.310 e. The molecule has 0 radical (unpaired) electrons. The number of halogens is 1. The summed E-state index contributed by atoms with van der Waals surface area (Å²) in [5, 5.41) is 3.57. The Morgan fingerprint density at radius 3 is 2.63 bits per heavy atom. The minimum absolute atomic E-state index is 0.289. The Labute approximate surface area is 122 Å². The molecule has 0 aromatic carbocycles. The van der Waals surface area contributed by atoms with E-state index in [0.29, 0.717) is 0 Å². The van der Waals surface area contributed by atoms with Crippen molar-refractivity contribution in [3.05, 3.63) is 58.6 Å². The van der Waals surface area contributed by atoms with Crippen LogP contribution in [0, 0.1) is 0 Å². The van der Waals surface area contributed by atoms with E-state index in [0.717, 1.165) is 29.6 Å². The summed E-state index contributed by atoms with van der Waals surface area (Å²) in [5.41, 5.74) is 2.35. The van der Waals surface area contributed by atoms with E-state index < -0.39 is 0 Å². The number of hydrogen-bond donors (Lipinski definition) is 1. The van der Waals surface area contributed by atoms with Gasteiger partial charge in [-0.05, 0) is 58.7 Å². The highest BCUT2D eigenvalue weighted by Gasteiger charge is 2.11. The summed E-state index contributed by atoms with van der Waals surface area (Å²) >= 11 is 3.41. The van der Waals surface area contributed by atoms with Gasteiger partial charge in [0.2, 0.25) is 0 Å². The molecule has 0 spiro atoms. The maximum absolute atomic E-state index is 4.45. The maximum atomic E-state index is 4.45. The highest BCUT2D eigenvalue weighted by atomic mass is 79.9. The summed E-state index contributed by atoms with van der Waals surface area (Å²) in [5.74, 6) is 0. The van der Waals surface area contributed by atoms with Gasteiger partial charge in [0.25, 0.3) is 0 Å². The Morgan fingerprint density at radius 1 is 1.21 bits per heavy atom. The van der Waals surface area contributed by atoms with Crippen LogP contribution >= 0.6 is 15.9 Å². The SMILES string of the molecule is CCCNC(Cc1ccc(Br)cn1)c1ccncc1. The molecular weight excluding hydrogens is 302 g/mol. The molecule has 1 atom stereocenters. The molecule has 1 unspecified atom stereocenters. The van der Waals surface area contributed by atoms with E-state index in [9.17, 15) is 0 Å². The van der Waals surface area contributed by atoms with Gasteiger partial charge in [-0.2, -0.15) is 0 Å². The van der Waals surface area contributed by atoms with Crippen molar-refractivity contribution >= 4 is 15.9 Å². The molecule has 2 rings (SSSR count). The summed E-state index contributed by atoms with van der Waals surface area (Å²) in [7, 11) is 0. The van der Waals surface area contributed by atoms with Crippen molar-refractivity contribution in [1.82, 2.24) is 15.3 Å². The molecular formula is C15H18BrN3. The summed E-state index contributed by atoms with van der Waals surface area (Å²) in [6.45, 7) is 3.18. The fourth-order valence-electron chi connectivity index (χ4n) is 1.96. The van der Waals surface area contributed by atoms with Crippen LogP contribution in [0.4, 0.5) is 0 Å². The zero-order valence-electron chi connectivity index (χ0n) is 11.0. The second-order valence-electron chi connectivity index (χ2n) is 4.46. The summed E-state index contributed by atoms with van der Waals surface area (Å²) in [6.07, 6.45) is 7.53. The minimum atomic E-state index is 0.289. The Balaban J connectivity index is 2.11. The molecule has 100 valence electrons. The van der Waals surface area contributed by atoms with Gasteiger partial charge in [-0.25, -0.2) is 0 Å². The fourth-order valence-corrected chi connectivity index (χ4v) is 2.19. The number of pyridine rings is 2. The van der Waals surface area contributed by atoms with E-state index in [4.69, 9.17) is 0 Å². The van der Waals surface area contributed by atoms with Crippen molar-refractivity contribution in [2.45, 2.75) is 25.8 Å². The third-order valence-corrected chi connectivity index (χ3v) is 3.42. The monoisotopic (exact) mass is 319 g/mol. The Kier molecular flexibility index (Phi) is 5.48. The quantitative estimate of drug-likeness (QED) is 0.885. The first-order valence-corrected chi connectivity index (χ1v) is 7.32. The van der Waals surface area contributed by atoms with Gasteiger partial charge in [-0.3, -0.25) is 9.97 Å². The molecule has 0 saturated carbocycles. The van der Waals surface area contributed by atoms with Crippen molar-refractivity contribution < 1.29 is 0 Å². The number of nitrogens with one attached hydrogen (secondary N) is 1.